The molecule has 39 heavy (non-hydrogen) atoms. The first kappa shape index (κ1) is 30.9. The van der Waals surface area contributed by atoms with Crippen molar-refractivity contribution in [3.8, 4) is 5.75 Å². The summed E-state index contributed by atoms with van der Waals surface area (Å²) in [6.07, 6.45) is 1.16. The lowest BCUT2D eigenvalue weighted by Gasteiger charge is -2.24. The van der Waals surface area contributed by atoms with Crippen LogP contribution in [0.3, 0.4) is 0 Å². The van der Waals surface area contributed by atoms with E-state index in [1.165, 1.54) is 17.0 Å². The third kappa shape index (κ3) is 7.51. The van der Waals surface area contributed by atoms with Gasteiger partial charge in [0.1, 0.15) is 12.4 Å². The maximum absolute atomic E-state index is 13.1. The van der Waals surface area contributed by atoms with Gasteiger partial charge in [-0.05, 0) is 87.8 Å². The van der Waals surface area contributed by atoms with Crippen LogP contribution < -0.4 is 9.64 Å². The van der Waals surface area contributed by atoms with Crippen LogP contribution >= 0.6 is 0 Å². The molecule has 0 aliphatic carbocycles. The van der Waals surface area contributed by atoms with Crippen molar-refractivity contribution < 1.29 is 22.7 Å². The number of ether oxygens (including phenoxy) is 2. The first-order valence-corrected chi connectivity index (χ1v) is 14.7. The second-order valence-electron chi connectivity index (χ2n) is 10.7. The second kappa shape index (κ2) is 13.1. The summed E-state index contributed by atoms with van der Waals surface area (Å²) in [4.78, 5) is 19.3. The van der Waals surface area contributed by atoms with Crippen molar-refractivity contribution in [2.75, 3.05) is 73.0 Å². The minimum Gasteiger partial charge on any atom is -0.497 e. The molecule has 0 spiro atoms. The van der Waals surface area contributed by atoms with Crippen LogP contribution in [0.25, 0.3) is 0 Å². The van der Waals surface area contributed by atoms with Gasteiger partial charge in [-0.2, -0.15) is 4.31 Å². The number of nitrogens with zero attached hydrogens (tertiary/aromatic N) is 4. The normalized spacial score (nSPS) is 15.8. The molecule has 0 aromatic heterocycles. The third-order valence-electron chi connectivity index (χ3n) is 7.53. The van der Waals surface area contributed by atoms with Crippen LogP contribution in [0.15, 0.2) is 35.2 Å². The van der Waals surface area contributed by atoms with Gasteiger partial charge in [-0.3, -0.25) is 4.79 Å². The number of aryl methyl sites for hydroxylation is 3. The Morgan fingerprint density at radius 1 is 1.03 bits per heavy atom. The van der Waals surface area contributed by atoms with Crippen molar-refractivity contribution in [2.24, 2.45) is 0 Å². The van der Waals surface area contributed by atoms with Crippen LogP contribution in [-0.2, 0) is 26.1 Å². The zero-order chi connectivity index (χ0) is 28.9. The number of hydrogen-bond donors (Lipinski definition) is 0. The lowest BCUT2D eigenvalue weighted by molar-refractivity contribution is -0.135. The van der Waals surface area contributed by atoms with Gasteiger partial charge in [0.15, 0.2) is 0 Å². The number of carbonyl (C=O) groups is 1. The van der Waals surface area contributed by atoms with E-state index in [4.69, 9.17) is 9.47 Å². The monoisotopic (exact) mass is 560 g/mol. The molecular formula is C29H44N4O5S. The Labute approximate surface area is 234 Å². The Morgan fingerprint density at radius 3 is 2.26 bits per heavy atom. The molecule has 1 heterocycles. The molecule has 216 valence electrons. The largest absolute Gasteiger partial charge is 0.497 e. The van der Waals surface area contributed by atoms with E-state index in [9.17, 15) is 13.2 Å². The molecule has 1 amide bonds. The van der Waals surface area contributed by atoms with Gasteiger partial charge < -0.3 is 24.2 Å². The summed E-state index contributed by atoms with van der Waals surface area (Å²) in [5, 5.41) is 0. The van der Waals surface area contributed by atoms with Crippen LogP contribution in [-0.4, -0.2) is 103 Å². The topological polar surface area (TPSA) is 82.6 Å². The summed E-state index contributed by atoms with van der Waals surface area (Å²) in [5.41, 5.74) is 4.71. The first-order chi connectivity index (χ1) is 18.3. The molecule has 1 atom stereocenters. The van der Waals surface area contributed by atoms with E-state index in [0.717, 1.165) is 30.6 Å². The van der Waals surface area contributed by atoms with E-state index in [0.29, 0.717) is 29.5 Å². The van der Waals surface area contributed by atoms with Crippen molar-refractivity contribution in [3.63, 3.8) is 0 Å². The SMILES string of the molecule is COc1cc(C)c(S(=O)(=O)N(C)CCOCC(=O)N(C)Cc2ccc(N3CCC(N(C)C)C3)cc2C)c(C)c1. The first-order valence-electron chi connectivity index (χ1n) is 13.3. The zero-order valence-corrected chi connectivity index (χ0v) is 25.5. The minimum absolute atomic E-state index is 0.109. The van der Waals surface area contributed by atoms with Gasteiger partial charge in [0.05, 0.1) is 18.6 Å². The Morgan fingerprint density at radius 2 is 1.69 bits per heavy atom. The third-order valence-corrected chi connectivity index (χ3v) is 9.70. The van der Waals surface area contributed by atoms with E-state index in [-0.39, 0.29) is 30.6 Å². The molecule has 10 heteroatoms. The summed E-state index contributed by atoms with van der Waals surface area (Å²) < 4.78 is 38.4. The Balaban J connectivity index is 1.49. The predicted molar refractivity (Wildman–Crippen MR) is 155 cm³/mol. The zero-order valence-electron chi connectivity index (χ0n) is 24.7. The number of anilines is 1. The van der Waals surface area contributed by atoms with Crippen LogP contribution in [0.4, 0.5) is 5.69 Å². The maximum atomic E-state index is 13.1. The average molecular weight is 561 g/mol. The number of hydrogen-bond acceptors (Lipinski definition) is 7. The lowest BCUT2D eigenvalue weighted by atomic mass is 10.1. The number of benzene rings is 2. The highest BCUT2D eigenvalue weighted by molar-refractivity contribution is 7.89. The molecule has 1 unspecified atom stereocenters. The van der Waals surface area contributed by atoms with Gasteiger partial charge in [0.25, 0.3) is 0 Å². The maximum Gasteiger partial charge on any atom is 0.248 e. The second-order valence-corrected chi connectivity index (χ2v) is 12.7. The fourth-order valence-electron chi connectivity index (χ4n) is 4.97. The Bertz CT molecular complexity index is 1240. The van der Waals surface area contributed by atoms with E-state index in [1.54, 1.807) is 45.0 Å². The predicted octanol–water partition coefficient (Wildman–Crippen LogP) is 3.06. The molecule has 1 saturated heterocycles. The van der Waals surface area contributed by atoms with Crippen molar-refractivity contribution in [2.45, 2.75) is 44.7 Å². The smallest absolute Gasteiger partial charge is 0.248 e. The number of likely N-dealkylation sites (N-methyl/N-ethyl adjacent to an activating group) is 3. The molecule has 0 bridgehead atoms. The van der Waals surface area contributed by atoms with Crippen LogP contribution in [0.5, 0.6) is 5.75 Å². The molecule has 9 nitrogen and oxygen atoms in total. The summed E-state index contributed by atoms with van der Waals surface area (Å²) in [6, 6.07) is 10.4. The summed E-state index contributed by atoms with van der Waals surface area (Å²) in [6.45, 7) is 8.28. The van der Waals surface area contributed by atoms with Crippen LogP contribution in [0, 0.1) is 20.8 Å². The molecule has 2 aromatic carbocycles. The average Bonchev–Trinajstić information content (AvgIpc) is 3.37. The number of carbonyl (C=O) groups excluding carboxylic acids is 1. The van der Waals surface area contributed by atoms with Gasteiger partial charge in [-0.1, -0.05) is 6.07 Å². The molecule has 1 aliphatic rings. The van der Waals surface area contributed by atoms with Gasteiger partial charge in [-0.25, -0.2) is 8.42 Å². The van der Waals surface area contributed by atoms with E-state index in [1.807, 2.05) is 0 Å². The molecule has 0 N–H and O–H groups in total. The molecule has 3 rings (SSSR count). The van der Waals surface area contributed by atoms with Crippen LogP contribution in [0.1, 0.15) is 28.7 Å². The highest BCUT2D eigenvalue weighted by atomic mass is 32.2. The molecular weight excluding hydrogens is 516 g/mol. The van der Waals surface area contributed by atoms with Gasteiger partial charge in [-0.15, -0.1) is 0 Å². The fraction of sp³-hybridized carbons (Fsp3) is 0.552. The molecule has 2 aromatic rings. The summed E-state index contributed by atoms with van der Waals surface area (Å²) >= 11 is 0. The Kier molecular flexibility index (Phi) is 10.4. The van der Waals surface area contributed by atoms with Crippen LogP contribution in [0.2, 0.25) is 0 Å². The van der Waals surface area contributed by atoms with Crippen molar-refractivity contribution in [1.29, 1.82) is 0 Å². The van der Waals surface area contributed by atoms with Crippen molar-refractivity contribution >= 4 is 21.6 Å². The lowest BCUT2D eigenvalue weighted by Crippen LogP contribution is -2.34. The molecule has 0 saturated carbocycles. The Hall–Kier alpha value is -2.66. The number of methoxy groups -OCH3 is 1. The number of sulfonamides is 1. The van der Waals surface area contributed by atoms with E-state index < -0.39 is 10.0 Å². The fourth-order valence-corrected chi connectivity index (χ4v) is 6.53. The summed E-state index contributed by atoms with van der Waals surface area (Å²) in [7, 11) is 5.38. The quantitative estimate of drug-likeness (QED) is 0.369. The van der Waals surface area contributed by atoms with Crippen molar-refractivity contribution in [3.05, 3.63) is 52.6 Å². The standard InChI is InChI=1S/C29H44N4O5S/c1-21-15-25(33-12-11-26(19-33)30(4)5)10-9-24(21)18-31(6)28(34)20-38-14-13-32(7)39(35,36)29-22(2)16-27(37-8)17-23(29)3/h9-10,15-17,26H,11-14,18-20H2,1-8H3. The van der Waals surface area contributed by atoms with Gasteiger partial charge in [0, 0.05) is 52.0 Å². The molecule has 1 aliphatic heterocycles. The minimum atomic E-state index is -3.71. The number of rotatable bonds is 12. The molecule has 0 radical (unpaired) electrons. The van der Waals surface area contributed by atoms with E-state index in [2.05, 4.69) is 49.0 Å². The molecule has 1 fully saturated rings. The van der Waals surface area contributed by atoms with Gasteiger partial charge in [0.2, 0.25) is 15.9 Å². The van der Waals surface area contributed by atoms with Crippen molar-refractivity contribution in [1.82, 2.24) is 14.1 Å². The van der Waals surface area contributed by atoms with E-state index >= 15 is 0 Å². The van der Waals surface area contributed by atoms with Gasteiger partial charge >= 0.3 is 0 Å². The highest BCUT2D eigenvalue weighted by Crippen LogP contribution is 2.28. The summed E-state index contributed by atoms with van der Waals surface area (Å²) in [5.74, 6) is 0.465. The number of amides is 1. The highest BCUT2D eigenvalue weighted by Gasteiger charge is 2.26.